The fourth-order valence-corrected chi connectivity index (χ4v) is 5.75. The second-order valence-electron chi connectivity index (χ2n) is 10.4. The Bertz CT molecular complexity index is 1410. The number of carbonyl (C=O) groups is 1. The fraction of sp³-hybridized carbons (Fsp3) is 0.481. The average Bonchev–Trinajstić information content (AvgIpc) is 3.45. The molecule has 226 valence electrons. The number of carbonyl (C=O) groups excluding carboxylic acids is 1. The SMILES string of the molecule is O=C(C1OC(CO)C(O)C(n2cc(-c3cc(F)c(F)c(F)c3)nn2)C1O)N(Cc1ccncc1Cl)[C@H]1CCCC[C@@H]1O. The van der Waals surface area contributed by atoms with E-state index in [1.165, 1.54) is 17.3 Å². The number of aliphatic hydroxyl groups excluding tert-OH is 4. The molecule has 11 nitrogen and oxygen atoms in total. The fourth-order valence-electron chi connectivity index (χ4n) is 5.57. The molecule has 7 atom stereocenters. The van der Waals surface area contributed by atoms with Crippen molar-refractivity contribution in [1.29, 1.82) is 0 Å². The maximum absolute atomic E-state index is 14.1. The van der Waals surface area contributed by atoms with Crippen molar-refractivity contribution >= 4 is 17.5 Å². The molecule has 5 unspecified atom stereocenters. The van der Waals surface area contributed by atoms with Crippen LogP contribution in [0.1, 0.15) is 37.3 Å². The van der Waals surface area contributed by atoms with Crippen molar-refractivity contribution in [3.63, 3.8) is 0 Å². The molecule has 3 aromatic rings. The molecule has 15 heteroatoms. The Hall–Kier alpha value is -3.14. The molecule has 2 aromatic heterocycles. The Kier molecular flexibility index (Phi) is 9.11. The Balaban J connectivity index is 1.48. The van der Waals surface area contributed by atoms with E-state index in [-0.39, 0.29) is 22.8 Å². The molecule has 1 saturated carbocycles. The lowest BCUT2D eigenvalue weighted by atomic mass is 9.88. The van der Waals surface area contributed by atoms with Crippen molar-refractivity contribution in [2.75, 3.05) is 6.61 Å². The Morgan fingerprint density at radius 1 is 1.12 bits per heavy atom. The number of hydrogen-bond acceptors (Lipinski definition) is 9. The number of aromatic nitrogens is 4. The quantitative estimate of drug-likeness (QED) is 0.293. The first-order valence-corrected chi connectivity index (χ1v) is 13.7. The molecule has 1 aromatic carbocycles. The molecule has 2 aliphatic rings. The third-order valence-corrected chi connectivity index (χ3v) is 8.15. The number of amides is 1. The minimum atomic E-state index is -1.75. The molecule has 42 heavy (non-hydrogen) atoms. The van der Waals surface area contributed by atoms with Gasteiger partial charge in [-0.1, -0.05) is 29.7 Å². The zero-order valence-electron chi connectivity index (χ0n) is 22.1. The van der Waals surface area contributed by atoms with E-state index in [1.807, 2.05) is 0 Å². The van der Waals surface area contributed by atoms with Crippen molar-refractivity contribution in [2.45, 2.75) is 74.8 Å². The van der Waals surface area contributed by atoms with E-state index in [9.17, 15) is 38.4 Å². The van der Waals surface area contributed by atoms with Gasteiger partial charge < -0.3 is 30.1 Å². The molecule has 1 aliphatic carbocycles. The second-order valence-corrected chi connectivity index (χ2v) is 10.8. The van der Waals surface area contributed by atoms with Crippen LogP contribution in [0.25, 0.3) is 11.3 Å². The van der Waals surface area contributed by atoms with E-state index in [0.29, 0.717) is 30.5 Å². The van der Waals surface area contributed by atoms with Crippen molar-refractivity contribution < 1.29 is 43.1 Å². The maximum Gasteiger partial charge on any atom is 0.255 e. The molecule has 1 aliphatic heterocycles. The molecule has 0 radical (unpaired) electrons. The minimum Gasteiger partial charge on any atom is -0.394 e. The Morgan fingerprint density at radius 3 is 2.50 bits per heavy atom. The first-order chi connectivity index (χ1) is 20.1. The average molecular weight is 612 g/mol. The van der Waals surface area contributed by atoms with E-state index in [0.717, 1.165) is 23.7 Å². The van der Waals surface area contributed by atoms with Gasteiger partial charge in [0.1, 0.15) is 30.0 Å². The standard InChI is InChI=1S/C27H29ClF3N5O6/c28-15-9-32-6-5-13(15)10-35(19-3-1-2-4-20(19)38)27(41)26-25(40)23(24(39)21(12-37)42-26)36-11-18(33-34-36)14-7-16(29)22(31)17(30)8-14/h5-9,11,19-21,23-26,37-40H,1-4,10,12H2/t19-,20-,21?,23?,24?,25?,26?/m0/s1. The largest absolute Gasteiger partial charge is 0.394 e. The number of nitrogens with zero attached hydrogens (tertiary/aromatic N) is 5. The topological polar surface area (TPSA) is 154 Å². The van der Waals surface area contributed by atoms with E-state index < -0.39 is 72.6 Å². The number of halogens is 4. The van der Waals surface area contributed by atoms with Gasteiger partial charge in [-0.15, -0.1) is 5.10 Å². The van der Waals surface area contributed by atoms with Crippen LogP contribution in [0.5, 0.6) is 0 Å². The van der Waals surface area contributed by atoms with E-state index in [1.54, 1.807) is 6.07 Å². The van der Waals surface area contributed by atoms with Gasteiger partial charge in [0, 0.05) is 24.5 Å². The second kappa shape index (κ2) is 12.6. The molecular weight excluding hydrogens is 583 g/mol. The Morgan fingerprint density at radius 2 is 1.83 bits per heavy atom. The summed E-state index contributed by atoms with van der Waals surface area (Å²) in [4.78, 5) is 19.4. The van der Waals surface area contributed by atoms with Gasteiger partial charge in [0.25, 0.3) is 5.91 Å². The first kappa shape index (κ1) is 30.3. The summed E-state index contributed by atoms with van der Waals surface area (Å²) in [7, 11) is 0. The predicted octanol–water partition coefficient (Wildman–Crippen LogP) is 1.77. The number of rotatable bonds is 7. The van der Waals surface area contributed by atoms with Gasteiger partial charge in [0.2, 0.25) is 0 Å². The van der Waals surface area contributed by atoms with Gasteiger partial charge in [-0.2, -0.15) is 0 Å². The lowest BCUT2D eigenvalue weighted by molar-refractivity contribution is -0.214. The van der Waals surface area contributed by atoms with E-state index in [2.05, 4.69) is 15.3 Å². The van der Waals surface area contributed by atoms with Crippen molar-refractivity contribution in [3.8, 4) is 11.3 Å². The van der Waals surface area contributed by atoms with Crippen LogP contribution in [0.3, 0.4) is 0 Å². The maximum atomic E-state index is 14.1. The highest BCUT2D eigenvalue weighted by Gasteiger charge is 2.50. The number of pyridine rings is 1. The molecular formula is C27H29ClF3N5O6. The minimum absolute atomic E-state index is 0.0410. The van der Waals surface area contributed by atoms with Crippen molar-refractivity contribution in [3.05, 3.63) is 64.8 Å². The first-order valence-electron chi connectivity index (χ1n) is 13.4. The van der Waals surface area contributed by atoms with Crippen LogP contribution in [-0.2, 0) is 16.1 Å². The summed E-state index contributed by atoms with van der Waals surface area (Å²) < 4.78 is 47.8. The predicted molar refractivity (Wildman–Crippen MR) is 140 cm³/mol. The summed E-state index contributed by atoms with van der Waals surface area (Å²) in [6.07, 6.45) is -0.631. The normalized spacial score (nSPS) is 28.0. The van der Waals surface area contributed by atoms with Crippen LogP contribution in [-0.4, -0.2) is 94.4 Å². The molecule has 1 saturated heterocycles. The molecule has 4 N–H and O–H groups in total. The van der Waals surface area contributed by atoms with Gasteiger partial charge in [-0.3, -0.25) is 9.78 Å². The smallest absolute Gasteiger partial charge is 0.255 e. The van der Waals surface area contributed by atoms with Crippen molar-refractivity contribution in [1.82, 2.24) is 24.9 Å². The molecule has 5 rings (SSSR count). The molecule has 2 fully saturated rings. The van der Waals surface area contributed by atoms with Crippen LogP contribution < -0.4 is 0 Å². The molecule has 0 spiro atoms. The number of hydrogen-bond donors (Lipinski definition) is 4. The van der Waals surface area contributed by atoms with Crippen LogP contribution in [0.2, 0.25) is 5.02 Å². The van der Waals surface area contributed by atoms with Crippen LogP contribution in [0.4, 0.5) is 13.2 Å². The lowest BCUT2D eigenvalue weighted by Crippen LogP contribution is -2.62. The van der Waals surface area contributed by atoms with E-state index in [4.69, 9.17) is 16.3 Å². The van der Waals surface area contributed by atoms with Crippen LogP contribution in [0, 0.1) is 17.5 Å². The summed E-state index contributed by atoms with van der Waals surface area (Å²) in [5.41, 5.74) is 0.270. The third kappa shape index (κ3) is 5.87. The zero-order valence-corrected chi connectivity index (χ0v) is 22.9. The third-order valence-electron chi connectivity index (χ3n) is 7.81. The highest BCUT2D eigenvalue weighted by molar-refractivity contribution is 6.31. The molecule has 1 amide bonds. The summed E-state index contributed by atoms with van der Waals surface area (Å²) in [5.74, 6) is -5.28. The summed E-state index contributed by atoms with van der Waals surface area (Å²) in [5, 5.41) is 51.1. The van der Waals surface area contributed by atoms with Gasteiger partial charge >= 0.3 is 0 Å². The number of aliphatic hydroxyl groups is 4. The zero-order chi connectivity index (χ0) is 30.1. The Labute approximate surface area is 243 Å². The summed E-state index contributed by atoms with van der Waals surface area (Å²) in [6, 6.07) is 1.01. The van der Waals surface area contributed by atoms with Gasteiger partial charge in [-0.05, 0) is 36.6 Å². The summed E-state index contributed by atoms with van der Waals surface area (Å²) >= 11 is 6.32. The lowest BCUT2D eigenvalue weighted by Gasteiger charge is -2.45. The van der Waals surface area contributed by atoms with Crippen molar-refractivity contribution in [2.24, 2.45) is 0 Å². The monoisotopic (exact) mass is 611 g/mol. The highest BCUT2D eigenvalue weighted by Crippen LogP contribution is 2.34. The van der Waals surface area contributed by atoms with Gasteiger partial charge in [-0.25, -0.2) is 17.9 Å². The number of benzene rings is 1. The number of ether oxygens (including phenoxy) is 1. The van der Waals surface area contributed by atoms with E-state index >= 15 is 0 Å². The van der Waals surface area contributed by atoms with Crippen LogP contribution in [0.15, 0.2) is 36.8 Å². The molecule has 3 heterocycles. The summed E-state index contributed by atoms with van der Waals surface area (Å²) in [6.45, 7) is -0.771. The molecule has 0 bridgehead atoms. The van der Waals surface area contributed by atoms with Gasteiger partial charge in [0.15, 0.2) is 23.6 Å². The van der Waals surface area contributed by atoms with Gasteiger partial charge in [0.05, 0.1) is 30.0 Å². The van der Waals surface area contributed by atoms with Crippen LogP contribution >= 0.6 is 11.6 Å². The highest BCUT2D eigenvalue weighted by atomic mass is 35.5.